The number of pyridine rings is 1. The Morgan fingerprint density at radius 2 is 1.91 bits per heavy atom. The molecule has 9 heteroatoms. The van der Waals surface area contributed by atoms with E-state index in [1.165, 1.54) is 11.3 Å². The predicted molar refractivity (Wildman–Crippen MR) is 134 cm³/mol. The lowest BCUT2D eigenvalue weighted by molar-refractivity contribution is -0.118. The second-order valence-electron chi connectivity index (χ2n) is 7.64. The Hall–Kier alpha value is -3.30. The van der Waals surface area contributed by atoms with Crippen LogP contribution in [0.5, 0.6) is 5.75 Å². The quantitative estimate of drug-likeness (QED) is 0.312. The molecular formula is C25H25N3O4S2. The summed E-state index contributed by atoms with van der Waals surface area (Å²) in [5.74, 6) is 0.471. The molecule has 2 aromatic heterocycles. The molecule has 0 aliphatic carbocycles. The van der Waals surface area contributed by atoms with Crippen molar-refractivity contribution in [3.8, 4) is 5.75 Å². The zero-order valence-electron chi connectivity index (χ0n) is 18.8. The minimum Gasteiger partial charge on any atom is -0.494 e. The average molecular weight is 496 g/mol. The first-order valence-corrected chi connectivity index (χ1v) is 13.4. The Kier molecular flexibility index (Phi) is 7.54. The number of amides is 1. The number of sulfone groups is 1. The Morgan fingerprint density at radius 1 is 1.09 bits per heavy atom. The zero-order chi connectivity index (χ0) is 24.0. The van der Waals surface area contributed by atoms with Crippen LogP contribution in [0.25, 0.3) is 10.2 Å². The number of nitrogens with zero attached hydrogens (tertiary/aromatic N) is 3. The summed E-state index contributed by atoms with van der Waals surface area (Å²) in [4.78, 5) is 24.0. The Balaban J connectivity index is 1.53. The molecule has 1 amide bonds. The summed E-state index contributed by atoms with van der Waals surface area (Å²) in [7, 11) is -3.44. The zero-order valence-corrected chi connectivity index (χ0v) is 20.4. The van der Waals surface area contributed by atoms with Crippen LogP contribution >= 0.6 is 11.3 Å². The summed E-state index contributed by atoms with van der Waals surface area (Å²) < 4.78 is 31.7. The number of hydrogen-bond donors (Lipinski definition) is 0. The molecule has 0 bridgehead atoms. The van der Waals surface area contributed by atoms with Gasteiger partial charge >= 0.3 is 0 Å². The van der Waals surface area contributed by atoms with Crippen molar-refractivity contribution in [2.24, 2.45) is 0 Å². The number of carbonyl (C=O) groups excluding carboxylic acids is 1. The van der Waals surface area contributed by atoms with Gasteiger partial charge in [-0.25, -0.2) is 13.4 Å². The highest BCUT2D eigenvalue weighted by Gasteiger charge is 2.22. The fourth-order valence-corrected chi connectivity index (χ4v) is 5.84. The number of benzene rings is 2. The van der Waals surface area contributed by atoms with Crippen LogP contribution in [0, 0.1) is 0 Å². The Labute approximate surface area is 203 Å². The van der Waals surface area contributed by atoms with Crippen LogP contribution in [-0.4, -0.2) is 36.7 Å². The molecule has 0 saturated carbocycles. The molecule has 34 heavy (non-hydrogen) atoms. The fraction of sp³-hybridized carbons (Fsp3) is 0.240. The number of carbonyl (C=O) groups is 1. The number of rotatable bonds is 10. The summed E-state index contributed by atoms with van der Waals surface area (Å²) in [6, 6.07) is 17.7. The third-order valence-corrected chi connectivity index (χ3v) is 8.02. The van der Waals surface area contributed by atoms with Gasteiger partial charge in [-0.05, 0) is 55.3 Å². The van der Waals surface area contributed by atoms with Gasteiger partial charge in [-0.2, -0.15) is 0 Å². The molecule has 0 saturated heterocycles. The van der Waals surface area contributed by atoms with E-state index in [-0.39, 0.29) is 29.4 Å². The van der Waals surface area contributed by atoms with Gasteiger partial charge in [0, 0.05) is 18.8 Å². The van der Waals surface area contributed by atoms with Crippen molar-refractivity contribution in [2.75, 3.05) is 17.3 Å². The summed E-state index contributed by atoms with van der Waals surface area (Å²) in [5.41, 5.74) is 1.64. The topological polar surface area (TPSA) is 89.5 Å². The van der Waals surface area contributed by atoms with Gasteiger partial charge in [0.25, 0.3) is 0 Å². The molecule has 0 unspecified atom stereocenters. The first-order chi connectivity index (χ1) is 16.5. The molecular weight excluding hydrogens is 470 g/mol. The highest BCUT2D eigenvalue weighted by molar-refractivity contribution is 7.91. The van der Waals surface area contributed by atoms with Gasteiger partial charge in [0.1, 0.15) is 5.75 Å². The average Bonchev–Trinajstić information content (AvgIpc) is 3.27. The van der Waals surface area contributed by atoms with Gasteiger partial charge < -0.3 is 4.74 Å². The van der Waals surface area contributed by atoms with Crippen LogP contribution in [0.2, 0.25) is 0 Å². The highest BCUT2D eigenvalue weighted by Crippen LogP contribution is 2.32. The summed E-state index contributed by atoms with van der Waals surface area (Å²) in [6.07, 6.45) is 3.70. The van der Waals surface area contributed by atoms with Crippen LogP contribution in [-0.2, 0) is 21.2 Å². The Morgan fingerprint density at radius 3 is 2.65 bits per heavy atom. The molecule has 0 atom stereocenters. The van der Waals surface area contributed by atoms with Crippen LogP contribution < -0.4 is 9.64 Å². The summed E-state index contributed by atoms with van der Waals surface area (Å²) >= 11 is 1.40. The molecule has 0 fully saturated rings. The number of aromatic nitrogens is 2. The second kappa shape index (κ2) is 10.8. The van der Waals surface area contributed by atoms with Gasteiger partial charge in [0.2, 0.25) is 5.91 Å². The largest absolute Gasteiger partial charge is 0.494 e. The first-order valence-electron chi connectivity index (χ1n) is 11.0. The maximum Gasteiger partial charge on any atom is 0.229 e. The van der Waals surface area contributed by atoms with E-state index >= 15 is 0 Å². The summed E-state index contributed by atoms with van der Waals surface area (Å²) in [6.45, 7) is 2.79. The molecule has 0 spiro atoms. The van der Waals surface area contributed by atoms with Gasteiger partial charge in [-0.3, -0.25) is 14.7 Å². The van der Waals surface area contributed by atoms with Crippen molar-refractivity contribution in [2.45, 2.75) is 31.2 Å². The first kappa shape index (κ1) is 23.8. The molecule has 0 N–H and O–H groups in total. The molecule has 0 radical (unpaired) electrons. The van der Waals surface area contributed by atoms with Gasteiger partial charge in [-0.1, -0.05) is 35.6 Å². The molecule has 7 nitrogen and oxygen atoms in total. The van der Waals surface area contributed by atoms with E-state index in [1.54, 1.807) is 47.6 Å². The fourth-order valence-electron chi connectivity index (χ4n) is 3.50. The molecule has 176 valence electrons. The molecule has 0 aliphatic heterocycles. The van der Waals surface area contributed by atoms with Crippen LogP contribution in [0.15, 0.2) is 78.0 Å². The predicted octanol–water partition coefficient (Wildman–Crippen LogP) is 4.88. The van der Waals surface area contributed by atoms with Gasteiger partial charge in [0.05, 0.1) is 34.0 Å². The second-order valence-corrected chi connectivity index (χ2v) is 10.8. The number of ether oxygens (including phenoxy) is 1. The molecule has 4 rings (SSSR count). The summed E-state index contributed by atoms with van der Waals surface area (Å²) in [5, 5.41) is 0.559. The number of hydrogen-bond acceptors (Lipinski definition) is 7. The maximum absolute atomic E-state index is 13.3. The molecule has 2 heterocycles. The van der Waals surface area contributed by atoms with Crippen molar-refractivity contribution in [3.63, 3.8) is 0 Å². The lowest BCUT2D eigenvalue weighted by Gasteiger charge is -2.20. The lowest BCUT2D eigenvalue weighted by atomic mass is 10.2. The van der Waals surface area contributed by atoms with Crippen LogP contribution in [0.1, 0.15) is 25.3 Å². The Bertz CT molecular complexity index is 1360. The van der Waals surface area contributed by atoms with E-state index in [4.69, 9.17) is 4.74 Å². The number of fused-ring (bicyclic) bond motifs is 1. The van der Waals surface area contributed by atoms with E-state index < -0.39 is 9.84 Å². The standard InChI is InChI=1S/C25H25N3O4S2/c1-2-32-20-12-13-22-23(16-20)33-25(27-22)28(18-19-8-6-14-26-17-19)24(29)11-7-15-34(30,31)21-9-4-3-5-10-21/h3-6,8-10,12-14,16-17H,2,7,11,15,18H2,1H3. The van der Waals surface area contributed by atoms with E-state index in [9.17, 15) is 13.2 Å². The van der Waals surface area contributed by atoms with E-state index in [0.717, 1.165) is 21.5 Å². The van der Waals surface area contributed by atoms with Gasteiger partial charge in [0.15, 0.2) is 15.0 Å². The van der Waals surface area contributed by atoms with Crippen molar-refractivity contribution < 1.29 is 17.9 Å². The molecule has 2 aromatic carbocycles. The van der Waals surface area contributed by atoms with Crippen LogP contribution in [0.3, 0.4) is 0 Å². The van der Waals surface area contributed by atoms with E-state index in [0.29, 0.717) is 18.3 Å². The van der Waals surface area contributed by atoms with Crippen molar-refractivity contribution in [1.82, 2.24) is 9.97 Å². The monoisotopic (exact) mass is 495 g/mol. The smallest absolute Gasteiger partial charge is 0.229 e. The number of thiazole rings is 1. The molecule has 0 aliphatic rings. The van der Waals surface area contributed by atoms with Crippen molar-refractivity contribution in [1.29, 1.82) is 0 Å². The SMILES string of the molecule is CCOc1ccc2nc(N(Cc3cccnc3)C(=O)CCCS(=O)(=O)c3ccccc3)sc2c1. The van der Waals surface area contributed by atoms with Crippen molar-refractivity contribution in [3.05, 3.63) is 78.6 Å². The van der Waals surface area contributed by atoms with Crippen LogP contribution in [0.4, 0.5) is 5.13 Å². The van der Waals surface area contributed by atoms with E-state index in [2.05, 4.69) is 9.97 Å². The number of anilines is 1. The van der Waals surface area contributed by atoms with Crippen molar-refractivity contribution >= 4 is 42.4 Å². The minimum atomic E-state index is -3.44. The van der Waals surface area contributed by atoms with Gasteiger partial charge in [-0.15, -0.1) is 0 Å². The lowest BCUT2D eigenvalue weighted by Crippen LogP contribution is -2.30. The minimum absolute atomic E-state index is 0.0897. The van der Waals surface area contributed by atoms with E-state index in [1.807, 2.05) is 37.3 Å². The third-order valence-electron chi connectivity index (χ3n) is 5.16. The maximum atomic E-state index is 13.3. The highest BCUT2D eigenvalue weighted by atomic mass is 32.2. The molecule has 4 aromatic rings. The normalized spacial score (nSPS) is 11.4. The third kappa shape index (κ3) is 5.78.